The molecule has 0 aromatic carbocycles. The van der Waals surface area contributed by atoms with Crippen LogP contribution in [0.25, 0.3) is 0 Å². The fourth-order valence-corrected chi connectivity index (χ4v) is 2.24. The van der Waals surface area contributed by atoms with Crippen LogP contribution < -0.4 is 16.0 Å². The van der Waals surface area contributed by atoms with E-state index in [1.54, 1.807) is 12.1 Å². The molecule has 0 saturated carbocycles. The number of nitrogens with one attached hydrogen (secondary N) is 3. The first kappa shape index (κ1) is 13.9. The predicted molar refractivity (Wildman–Crippen MR) is 72.4 cm³/mol. The van der Waals surface area contributed by atoms with Crippen molar-refractivity contribution in [2.24, 2.45) is 0 Å². The van der Waals surface area contributed by atoms with E-state index in [1.807, 2.05) is 0 Å². The first-order chi connectivity index (χ1) is 9.15. The van der Waals surface area contributed by atoms with Gasteiger partial charge in [-0.1, -0.05) is 0 Å². The highest BCUT2D eigenvalue weighted by molar-refractivity contribution is 9.10. The molecule has 1 aliphatic heterocycles. The maximum absolute atomic E-state index is 11.7. The minimum atomic E-state index is -0.453. The summed E-state index contributed by atoms with van der Waals surface area (Å²) in [5, 5.41) is 8.10. The lowest BCUT2D eigenvalue weighted by Gasteiger charge is -2.15. The Morgan fingerprint density at radius 1 is 1.47 bits per heavy atom. The Bertz CT molecular complexity index is 461. The Kier molecular flexibility index (Phi) is 4.84. The Labute approximate surface area is 119 Å². The van der Waals surface area contributed by atoms with E-state index < -0.39 is 6.04 Å². The van der Waals surface area contributed by atoms with Crippen molar-refractivity contribution in [1.82, 2.24) is 16.0 Å². The van der Waals surface area contributed by atoms with Gasteiger partial charge in [0.15, 0.2) is 4.67 Å². The van der Waals surface area contributed by atoms with Crippen LogP contribution in [0.2, 0.25) is 0 Å². The summed E-state index contributed by atoms with van der Waals surface area (Å²) in [4.78, 5) is 23.3. The van der Waals surface area contributed by atoms with Gasteiger partial charge in [0.25, 0.3) is 0 Å². The SMILES string of the molecule is O=C(NCc1ccc(Br)o1)N[C@@H]1CCCCNC1=O. The van der Waals surface area contributed by atoms with Gasteiger partial charge in [0.2, 0.25) is 5.91 Å². The highest BCUT2D eigenvalue weighted by Gasteiger charge is 2.22. The molecule has 3 amide bonds. The van der Waals surface area contributed by atoms with E-state index in [4.69, 9.17) is 4.42 Å². The number of amides is 3. The smallest absolute Gasteiger partial charge is 0.315 e. The lowest BCUT2D eigenvalue weighted by molar-refractivity contribution is -0.122. The molecule has 1 fully saturated rings. The molecule has 1 saturated heterocycles. The van der Waals surface area contributed by atoms with Gasteiger partial charge in [-0.3, -0.25) is 4.79 Å². The van der Waals surface area contributed by atoms with Crippen molar-refractivity contribution in [3.05, 3.63) is 22.6 Å². The minimum Gasteiger partial charge on any atom is -0.452 e. The molecule has 0 unspecified atom stereocenters. The molecule has 7 heteroatoms. The fourth-order valence-electron chi connectivity index (χ4n) is 1.90. The van der Waals surface area contributed by atoms with Gasteiger partial charge in [0, 0.05) is 6.54 Å². The summed E-state index contributed by atoms with van der Waals surface area (Å²) >= 11 is 3.19. The van der Waals surface area contributed by atoms with Crippen LogP contribution in [0.3, 0.4) is 0 Å². The molecule has 1 aromatic rings. The summed E-state index contributed by atoms with van der Waals surface area (Å²) in [6.45, 7) is 0.963. The van der Waals surface area contributed by atoms with Crippen molar-refractivity contribution in [3.63, 3.8) is 0 Å². The summed E-state index contributed by atoms with van der Waals surface area (Å²) < 4.78 is 5.88. The van der Waals surface area contributed by atoms with E-state index in [0.717, 1.165) is 12.8 Å². The summed E-state index contributed by atoms with van der Waals surface area (Å²) in [7, 11) is 0. The van der Waals surface area contributed by atoms with Gasteiger partial charge in [0.05, 0.1) is 6.54 Å². The van der Waals surface area contributed by atoms with Gasteiger partial charge in [-0.25, -0.2) is 4.79 Å². The summed E-state index contributed by atoms with van der Waals surface area (Å²) in [6, 6.07) is 2.71. The van der Waals surface area contributed by atoms with Crippen LogP contribution in [0.4, 0.5) is 4.79 Å². The van der Waals surface area contributed by atoms with Gasteiger partial charge in [-0.05, 0) is 47.3 Å². The zero-order chi connectivity index (χ0) is 13.7. The molecule has 0 aliphatic carbocycles. The molecule has 2 heterocycles. The zero-order valence-corrected chi connectivity index (χ0v) is 12.0. The Morgan fingerprint density at radius 2 is 2.32 bits per heavy atom. The minimum absolute atomic E-state index is 0.117. The van der Waals surface area contributed by atoms with E-state index in [-0.39, 0.29) is 18.5 Å². The van der Waals surface area contributed by atoms with Crippen LogP contribution >= 0.6 is 15.9 Å². The Morgan fingerprint density at radius 3 is 3.05 bits per heavy atom. The summed E-state index contributed by atoms with van der Waals surface area (Å²) in [5.74, 6) is 0.528. The number of rotatable bonds is 3. The maximum atomic E-state index is 11.7. The molecule has 2 rings (SSSR count). The molecular weight excluding hydrogens is 314 g/mol. The van der Waals surface area contributed by atoms with Crippen molar-refractivity contribution >= 4 is 27.9 Å². The first-order valence-electron chi connectivity index (χ1n) is 6.21. The summed E-state index contributed by atoms with van der Waals surface area (Å²) in [6.07, 6.45) is 2.55. The van der Waals surface area contributed by atoms with Crippen LogP contribution in [-0.2, 0) is 11.3 Å². The average Bonchev–Trinajstić information content (AvgIpc) is 2.69. The van der Waals surface area contributed by atoms with E-state index in [2.05, 4.69) is 31.9 Å². The van der Waals surface area contributed by atoms with E-state index in [0.29, 0.717) is 23.4 Å². The Hall–Kier alpha value is -1.50. The molecule has 1 atom stereocenters. The molecule has 104 valence electrons. The standard InChI is InChI=1S/C12H16BrN3O3/c13-10-5-4-8(19-10)7-15-12(18)16-9-3-1-2-6-14-11(9)17/h4-5,9H,1-3,6-7H2,(H,14,17)(H2,15,16,18)/t9-/m1/s1. The second kappa shape index (κ2) is 6.60. The topological polar surface area (TPSA) is 83.4 Å². The molecule has 6 nitrogen and oxygen atoms in total. The number of urea groups is 1. The van der Waals surface area contributed by atoms with E-state index >= 15 is 0 Å². The third kappa shape index (κ3) is 4.27. The second-order valence-corrected chi connectivity index (χ2v) is 5.15. The zero-order valence-electron chi connectivity index (χ0n) is 10.4. The molecule has 0 radical (unpaired) electrons. The second-order valence-electron chi connectivity index (χ2n) is 4.37. The molecule has 1 aliphatic rings. The highest BCUT2D eigenvalue weighted by Crippen LogP contribution is 2.13. The largest absolute Gasteiger partial charge is 0.452 e. The number of furan rings is 1. The molecule has 3 N–H and O–H groups in total. The van der Waals surface area contributed by atoms with Crippen molar-refractivity contribution in [2.75, 3.05) is 6.54 Å². The highest BCUT2D eigenvalue weighted by atomic mass is 79.9. The Balaban J connectivity index is 1.78. The number of carbonyl (C=O) groups is 2. The van der Waals surface area contributed by atoms with Crippen LogP contribution in [0.5, 0.6) is 0 Å². The van der Waals surface area contributed by atoms with Crippen molar-refractivity contribution in [2.45, 2.75) is 31.8 Å². The summed E-state index contributed by atoms with van der Waals surface area (Å²) in [5.41, 5.74) is 0. The van der Waals surface area contributed by atoms with Crippen molar-refractivity contribution in [1.29, 1.82) is 0 Å². The van der Waals surface area contributed by atoms with Gasteiger partial charge in [0.1, 0.15) is 11.8 Å². The molecule has 0 spiro atoms. The van der Waals surface area contributed by atoms with Crippen molar-refractivity contribution in [3.8, 4) is 0 Å². The average molecular weight is 330 g/mol. The van der Waals surface area contributed by atoms with E-state index in [9.17, 15) is 9.59 Å². The molecule has 19 heavy (non-hydrogen) atoms. The third-order valence-electron chi connectivity index (χ3n) is 2.89. The fraction of sp³-hybridized carbons (Fsp3) is 0.500. The predicted octanol–water partition coefficient (Wildman–Crippen LogP) is 1.51. The monoisotopic (exact) mass is 329 g/mol. The maximum Gasteiger partial charge on any atom is 0.315 e. The van der Waals surface area contributed by atoms with Gasteiger partial charge in [-0.2, -0.15) is 0 Å². The number of hydrogen-bond acceptors (Lipinski definition) is 3. The molecule has 1 aromatic heterocycles. The van der Waals surface area contributed by atoms with Crippen molar-refractivity contribution < 1.29 is 14.0 Å². The lowest BCUT2D eigenvalue weighted by Crippen LogP contribution is -2.48. The normalized spacial score (nSPS) is 19.4. The quantitative estimate of drug-likeness (QED) is 0.786. The van der Waals surface area contributed by atoms with Crippen LogP contribution in [0, 0.1) is 0 Å². The van der Waals surface area contributed by atoms with Gasteiger partial charge in [-0.15, -0.1) is 0 Å². The lowest BCUT2D eigenvalue weighted by atomic mass is 10.1. The van der Waals surface area contributed by atoms with Crippen LogP contribution in [0.1, 0.15) is 25.0 Å². The van der Waals surface area contributed by atoms with E-state index in [1.165, 1.54) is 0 Å². The number of hydrogen-bond donors (Lipinski definition) is 3. The van der Waals surface area contributed by atoms with Crippen LogP contribution in [-0.4, -0.2) is 24.5 Å². The van der Waals surface area contributed by atoms with Gasteiger partial charge < -0.3 is 20.4 Å². The molecular formula is C12H16BrN3O3. The first-order valence-corrected chi connectivity index (χ1v) is 7.01. The third-order valence-corrected chi connectivity index (χ3v) is 3.32. The van der Waals surface area contributed by atoms with Gasteiger partial charge >= 0.3 is 6.03 Å². The van der Waals surface area contributed by atoms with Crippen LogP contribution in [0.15, 0.2) is 21.2 Å². The molecule has 0 bridgehead atoms. The number of halogens is 1. The number of carbonyl (C=O) groups excluding carboxylic acids is 2.